The van der Waals surface area contributed by atoms with Crippen molar-refractivity contribution in [2.75, 3.05) is 10.5 Å². The molecule has 0 unspecified atom stereocenters. The number of aryl methyl sites for hydroxylation is 1. The molecule has 1 N–H and O–H groups in total. The zero-order valence-electron chi connectivity index (χ0n) is 11.9. The fourth-order valence-corrected chi connectivity index (χ4v) is 2.64. The van der Waals surface area contributed by atoms with Crippen molar-refractivity contribution in [2.45, 2.75) is 58.8 Å². The fourth-order valence-electron chi connectivity index (χ4n) is 1.89. The van der Waals surface area contributed by atoms with E-state index in [-0.39, 0.29) is 0 Å². The maximum atomic E-state index is 3.40. The summed E-state index contributed by atoms with van der Waals surface area (Å²) in [5, 5.41) is 0. The topological polar surface area (TPSA) is 12.0 Å². The van der Waals surface area contributed by atoms with E-state index < -0.39 is 0 Å². The normalized spacial score (nSPS) is 10.6. The predicted molar refractivity (Wildman–Crippen MR) is 85.3 cm³/mol. The van der Waals surface area contributed by atoms with Gasteiger partial charge in [0, 0.05) is 11.4 Å². The van der Waals surface area contributed by atoms with Crippen LogP contribution in [-0.2, 0) is 0 Å². The minimum absolute atomic E-state index is 1.21. The summed E-state index contributed by atoms with van der Waals surface area (Å²) in [7, 11) is 0. The van der Waals surface area contributed by atoms with Gasteiger partial charge in [0.1, 0.15) is 0 Å². The molecule has 0 saturated carbocycles. The molecule has 0 amide bonds. The Bertz CT molecular complexity index is 294. The molecule has 1 nitrogen and oxygen atoms in total. The summed E-state index contributed by atoms with van der Waals surface area (Å²) in [4.78, 5) is 0. The minimum Gasteiger partial charge on any atom is -0.330 e. The second kappa shape index (κ2) is 10.3. The first-order valence-corrected chi connectivity index (χ1v) is 8.26. The number of hydrogen-bond donors (Lipinski definition) is 1. The van der Waals surface area contributed by atoms with Gasteiger partial charge in [0.25, 0.3) is 0 Å². The fraction of sp³-hybridized carbons (Fsp3) is 0.625. The highest BCUT2D eigenvalue weighted by Crippen LogP contribution is 2.15. The van der Waals surface area contributed by atoms with Crippen molar-refractivity contribution in [3.05, 3.63) is 29.8 Å². The Labute approximate surface area is 117 Å². The Morgan fingerprint density at radius 1 is 0.889 bits per heavy atom. The van der Waals surface area contributed by atoms with E-state index in [2.05, 4.69) is 42.8 Å². The van der Waals surface area contributed by atoms with Crippen molar-refractivity contribution in [1.29, 1.82) is 0 Å². The molecule has 102 valence electrons. The zero-order valence-corrected chi connectivity index (χ0v) is 12.7. The summed E-state index contributed by atoms with van der Waals surface area (Å²) in [5.41, 5.74) is 2.53. The van der Waals surface area contributed by atoms with Crippen LogP contribution in [0.1, 0.15) is 57.4 Å². The third-order valence-corrected chi connectivity index (χ3v) is 3.96. The second-order valence-corrected chi connectivity index (χ2v) is 5.84. The highest BCUT2D eigenvalue weighted by Gasteiger charge is 1.93. The van der Waals surface area contributed by atoms with E-state index in [0.29, 0.717) is 0 Å². The first-order valence-electron chi connectivity index (χ1n) is 7.27. The van der Waals surface area contributed by atoms with Crippen LogP contribution < -0.4 is 4.72 Å². The van der Waals surface area contributed by atoms with Crippen LogP contribution in [0.3, 0.4) is 0 Å². The van der Waals surface area contributed by atoms with Crippen LogP contribution in [0.25, 0.3) is 0 Å². The van der Waals surface area contributed by atoms with Crippen molar-refractivity contribution in [3.8, 4) is 0 Å². The summed E-state index contributed by atoms with van der Waals surface area (Å²) in [6.45, 7) is 4.39. The van der Waals surface area contributed by atoms with Gasteiger partial charge in [-0.3, -0.25) is 0 Å². The molecule has 0 aromatic heterocycles. The molecular formula is C16H27NS. The van der Waals surface area contributed by atoms with Crippen molar-refractivity contribution in [2.24, 2.45) is 0 Å². The van der Waals surface area contributed by atoms with Gasteiger partial charge in [0.05, 0.1) is 0 Å². The molecule has 0 aliphatic heterocycles. The molecule has 0 atom stereocenters. The molecule has 2 heteroatoms. The third-order valence-electron chi connectivity index (χ3n) is 3.09. The van der Waals surface area contributed by atoms with Crippen molar-refractivity contribution in [3.63, 3.8) is 0 Å². The SMILES string of the molecule is CCCCCCCCCSNc1ccc(C)cc1. The lowest BCUT2D eigenvalue weighted by molar-refractivity contribution is 0.604. The molecule has 0 heterocycles. The van der Waals surface area contributed by atoms with E-state index in [1.807, 2.05) is 11.9 Å². The van der Waals surface area contributed by atoms with Gasteiger partial charge in [-0.15, -0.1) is 0 Å². The molecule has 1 rings (SSSR count). The molecule has 18 heavy (non-hydrogen) atoms. The largest absolute Gasteiger partial charge is 0.330 e. The Kier molecular flexibility index (Phi) is 8.83. The van der Waals surface area contributed by atoms with E-state index in [1.165, 1.54) is 61.9 Å². The first-order chi connectivity index (χ1) is 8.83. The molecule has 0 saturated heterocycles. The molecule has 1 aromatic rings. The molecular weight excluding hydrogens is 238 g/mol. The number of anilines is 1. The number of hydrogen-bond acceptors (Lipinski definition) is 2. The van der Waals surface area contributed by atoms with E-state index in [1.54, 1.807) is 0 Å². The molecule has 0 aliphatic carbocycles. The smallest absolute Gasteiger partial charge is 0.0440 e. The highest BCUT2D eigenvalue weighted by atomic mass is 32.2. The third kappa shape index (κ3) is 7.65. The quantitative estimate of drug-likeness (QED) is 0.423. The predicted octanol–water partition coefficient (Wildman–Crippen LogP) is 5.81. The molecule has 1 aromatic carbocycles. The highest BCUT2D eigenvalue weighted by molar-refractivity contribution is 8.00. The first kappa shape index (κ1) is 15.4. The van der Waals surface area contributed by atoms with Crippen LogP contribution in [0.5, 0.6) is 0 Å². The molecule has 0 fully saturated rings. The second-order valence-electron chi connectivity index (χ2n) is 4.94. The van der Waals surface area contributed by atoms with Crippen molar-refractivity contribution >= 4 is 17.6 Å². The average Bonchev–Trinajstić information content (AvgIpc) is 2.39. The van der Waals surface area contributed by atoms with Gasteiger partial charge in [-0.25, -0.2) is 0 Å². The van der Waals surface area contributed by atoms with Crippen LogP contribution in [0.4, 0.5) is 5.69 Å². The molecule has 0 spiro atoms. The lowest BCUT2D eigenvalue weighted by Crippen LogP contribution is -1.90. The van der Waals surface area contributed by atoms with Crippen LogP contribution in [-0.4, -0.2) is 5.75 Å². The Balaban J connectivity index is 1.91. The van der Waals surface area contributed by atoms with Gasteiger partial charge in [0.15, 0.2) is 0 Å². The van der Waals surface area contributed by atoms with Crippen LogP contribution in [0.15, 0.2) is 24.3 Å². The summed E-state index contributed by atoms with van der Waals surface area (Å²) in [6, 6.07) is 8.59. The summed E-state index contributed by atoms with van der Waals surface area (Å²) in [6.07, 6.45) is 9.71. The van der Waals surface area contributed by atoms with E-state index in [9.17, 15) is 0 Å². The van der Waals surface area contributed by atoms with Crippen LogP contribution in [0.2, 0.25) is 0 Å². The maximum Gasteiger partial charge on any atom is 0.0440 e. The van der Waals surface area contributed by atoms with Crippen LogP contribution >= 0.6 is 11.9 Å². The molecule has 0 radical (unpaired) electrons. The van der Waals surface area contributed by atoms with E-state index in [4.69, 9.17) is 0 Å². The number of unbranched alkanes of at least 4 members (excludes halogenated alkanes) is 6. The Hall–Kier alpha value is -0.630. The van der Waals surface area contributed by atoms with Crippen LogP contribution in [0, 0.1) is 6.92 Å². The summed E-state index contributed by atoms with van der Waals surface area (Å²) in [5.74, 6) is 1.21. The lowest BCUT2D eigenvalue weighted by atomic mass is 10.1. The van der Waals surface area contributed by atoms with Gasteiger partial charge in [0.2, 0.25) is 0 Å². The van der Waals surface area contributed by atoms with E-state index in [0.717, 1.165) is 0 Å². The van der Waals surface area contributed by atoms with Gasteiger partial charge in [-0.2, -0.15) is 0 Å². The Morgan fingerprint density at radius 2 is 1.50 bits per heavy atom. The van der Waals surface area contributed by atoms with Gasteiger partial charge in [-0.05, 0) is 25.5 Å². The summed E-state index contributed by atoms with van der Waals surface area (Å²) >= 11 is 1.83. The van der Waals surface area contributed by atoms with Gasteiger partial charge >= 0.3 is 0 Å². The lowest BCUT2D eigenvalue weighted by Gasteiger charge is -2.05. The number of benzene rings is 1. The van der Waals surface area contributed by atoms with Gasteiger partial charge < -0.3 is 4.72 Å². The average molecular weight is 265 g/mol. The van der Waals surface area contributed by atoms with Crippen molar-refractivity contribution in [1.82, 2.24) is 0 Å². The monoisotopic (exact) mass is 265 g/mol. The van der Waals surface area contributed by atoms with Gasteiger partial charge in [-0.1, -0.05) is 75.1 Å². The van der Waals surface area contributed by atoms with E-state index >= 15 is 0 Å². The summed E-state index contributed by atoms with van der Waals surface area (Å²) < 4.78 is 3.40. The minimum atomic E-state index is 1.21. The number of nitrogens with one attached hydrogen (secondary N) is 1. The Morgan fingerprint density at radius 3 is 2.17 bits per heavy atom. The zero-order chi connectivity index (χ0) is 13.1. The maximum absolute atomic E-state index is 3.40. The van der Waals surface area contributed by atoms with Crippen molar-refractivity contribution < 1.29 is 0 Å². The molecule has 0 aliphatic rings. The molecule has 0 bridgehead atoms. The number of rotatable bonds is 10. The standard InChI is InChI=1S/C16H27NS/c1-3-4-5-6-7-8-9-14-18-17-16-12-10-15(2)11-13-16/h10-13,17H,3-9,14H2,1-2H3.